The molecule has 0 spiro atoms. The summed E-state index contributed by atoms with van der Waals surface area (Å²) in [7, 11) is 3.36. The fraction of sp³-hybridized carbons (Fsp3) is 0.385. The highest BCUT2D eigenvalue weighted by Crippen LogP contribution is 2.20. The van der Waals surface area contributed by atoms with Crippen LogP contribution in [0, 0.1) is 0 Å². The minimum atomic E-state index is -0.389. The predicted octanol–water partition coefficient (Wildman–Crippen LogP) is 1.45. The SMILES string of the molecule is CC(NCC(=O)Nc1ccccc1Br)C(=O)N(C)C. The Bertz CT molecular complexity index is 463. The van der Waals surface area contributed by atoms with Crippen LogP contribution in [-0.4, -0.2) is 43.4 Å². The Morgan fingerprint density at radius 2 is 1.95 bits per heavy atom. The van der Waals surface area contributed by atoms with E-state index in [-0.39, 0.29) is 24.4 Å². The number of hydrogen-bond donors (Lipinski definition) is 2. The monoisotopic (exact) mass is 327 g/mol. The lowest BCUT2D eigenvalue weighted by molar-refractivity contribution is -0.130. The summed E-state index contributed by atoms with van der Waals surface area (Å²) in [5.74, 6) is -0.251. The van der Waals surface area contributed by atoms with Gasteiger partial charge in [-0.2, -0.15) is 0 Å². The maximum atomic E-state index is 11.7. The van der Waals surface area contributed by atoms with E-state index in [1.165, 1.54) is 4.90 Å². The third kappa shape index (κ3) is 5.00. The van der Waals surface area contributed by atoms with Crippen LogP contribution in [0.3, 0.4) is 0 Å². The van der Waals surface area contributed by atoms with E-state index in [1.807, 2.05) is 18.2 Å². The Labute approximate surface area is 121 Å². The first-order valence-electron chi connectivity index (χ1n) is 5.90. The first kappa shape index (κ1) is 15.7. The fourth-order valence-electron chi connectivity index (χ4n) is 1.48. The second-order valence-corrected chi connectivity index (χ2v) is 5.22. The molecule has 1 aromatic carbocycles. The largest absolute Gasteiger partial charge is 0.347 e. The van der Waals surface area contributed by atoms with Gasteiger partial charge in [-0.1, -0.05) is 12.1 Å². The zero-order valence-electron chi connectivity index (χ0n) is 11.2. The number of carbonyl (C=O) groups is 2. The molecular weight excluding hydrogens is 310 g/mol. The number of nitrogens with one attached hydrogen (secondary N) is 2. The summed E-state index contributed by atoms with van der Waals surface area (Å²) in [4.78, 5) is 24.8. The van der Waals surface area contributed by atoms with E-state index in [2.05, 4.69) is 26.6 Å². The Hall–Kier alpha value is -1.40. The molecule has 0 aromatic heterocycles. The van der Waals surface area contributed by atoms with Crippen molar-refractivity contribution >= 4 is 33.4 Å². The molecule has 1 aromatic rings. The highest BCUT2D eigenvalue weighted by molar-refractivity contribution is 9.10. The number of anilines is 1. The summed E-state index contributed by atoms with van der Waals surface area (Å²) in [6, 6.07) is 6.97. The van der Waals surface area contributed by atoms with Crippen LogP contribution < -0.4 is 10.6 Å². The van der Waals surface area contributed by atoms with Gasteiger partial charge in [0.25, 0.3) is 0 Å². The highest BCUT2D eigenvalue weighted by Gasteiger charge is 2.15. The fourth-order valence-corrected chi connectivity index (χ4v) is 1.86. The van der Waals surface area contributed by atoms with Crippen LogP contribution in [-0.2, 0) is 9.59 Å². The van der Waals surface area contributed by atoms with Crippen molar-refractivity contribution in [2.24, 2.45) is 0 Å². The van der Waals surface area contributed by atoms with Crippen molar-refractivity contribution in [1.29, 1.82) is 0 Å². The molecule has 5 nitrogen and oxygen atoms in total. The van der Waals surface area contributed by atoms with Crippen LogP contribution in [0.5, 0.6) is 0 Å². The van der Waals surface area contributed by atoms with Crippen LogP contribution in [0.4, 0.5) is 5.69 Å². The zero-order valence-corrected chi connectivity index (χ0v) is 12.8. The van der Waals surface area contributed by atoms with Crippen molar-refractivity contribution in [3.05, 3.63) is 28.7 Å². The first-order valence-corrected chi connectivity index (χ1v) is 6.70. The number of likely N-dealkylation sites (N-methyl/N-ethyl adjacent to an activating group) is 1. The van der Waals surface area contributed by atoms with Gasteiger partial charge in [0.05, 0.1) is 18.3 Å². The maximum absolute atomic E-state index is 11.7. The van der Waals surface area contributed by atoms with Gasteiger partial charge in [0, 0.05) is 18.6 Å². The molecule has 0 aliphatic rings. The molecule has 0 aliphatic carbocycles. The molecule has 0 fully saturated rings. The molecule has 2 amide bonds. The molecule has 19 heavy (non-hydrogen) atoms. The number of carbonyl (C=O) groups excluding carboxylic acids is 2. The van der Waals surface area contributed by atoms with E-state index in [0.717, 1.165) is 4.47 Å². The standard InChI is InChI=1S/C13H18BrN3O2/c1-9(13(19)17(2)3)15-8-12(18)16-11-7-5-4-6-10(11)14/h4-7,9,15H,8H2,1-3H3,(H,16,18). The minimum Gasteiger partial charge on any atom is -0.347 e. The van der Waals surface area contributed by atoms with Gasteiger partial charge in [-0.15, -0.1) is 0 Å². The summed E-state index contributed by atoms with van der Waals surface area (Å²) in [6.45, 7) is 1.82. The number of hydrogen-bond acceptors (Lipinski definition) is 3. The second kappa shape index (κ2) is 7.25. The average molecular weight is 328 g/mol. The molecule has 6 heteroatoms. The van der Waals surface area contributed by atoms with Crippen molar-refractivity contribution in [2.75, 3.05) is 26.0 Å². The summed E-state index contributed by atoms with van der Waals surface area (Å²) in [6.07, 6.45) is 0. The molecule has 1 atom stereocenters. The van der Waals surface area contributed by atoms with Gasteiger partial charge in [-0.25, -0.2) is 0 Å². The first-order chi connectivity index (χ1) is 8.91. The zero-order chi connectivity index (χ0) is 14.4. The normalized spacial score (nSPS) is 11.8. The van der Waals surface area contributed by atoms with Crippen molar-refractivity contribution in [1.82, 2.24) is 10.2 Å². The smallest absolute Gasteiger partial charge is 0.238 e. The Morgan fingerprint density at radius 3 is 2.53 bits per heavy atom. The van der Waals surface area contributed by atoms with E-state index in [4.69, 9.17) is 0 Å². The lowest BCUT2D eigenvalue weighted by Gasteiger charge is -2.17. The third-order valence-corrected chi connectivity index (χ3v) is 3.22. The Kier molecular flexibility index (Phi) is 5.98. The van der Waals surface area contributed by atoms with Crippen molar-refractivity contribution < 1.29 is 9.59 Å². The van der Waals surface area contributed by atoms with Gasteiger partial charge in [0.1, 0.15) is 0 Å². The molecule has 0 radical (unpaired) electrons. The molecule has 2 N–H and O–H groups in total. The van der Waals surface area contributed by atoms with Gasteiger partial charge >= 0.3 is 0 Å². The Balaban J connectivity index is 2.45. The number of amides is 2. The van der Waals surface area contributed by atoms with Crippen LogP contribution in [0.1, 0.15) is 6.92 Å². The molecule has 104 valence electrons. The topological polar surface area (TPSA) is 61.4 Å². The van der Waals surface area contributed by atoms with Crippen LogP contribution in [0.25, 0.3) is 0 Å². The predicted molar refractivity (Wildman–Crippen MR) is 78.9 cm³/mol. The van der Waals surface area contributed by atoms with Crippen molar-refractivity contribution in [3.63, 3.8) is 0 Å². The van der Waals surface area contributed by atoms with Crippen LogP contribution in [0.2, 0.25) is 0 Å². The molecule has 0 aliphatic heterocycles. The van der Waals surface area contributed by atoms with Crippen LogP contribution in [0.15, 0.2) is 28.7 Å². The molecule has 0 bridgehead atoms. The quantitative estimate of drug-likeness (QED) is 0.860. The maximum Gasteiger partial charge on any atom is 0.238 e. The van der Waals surface area contributed by atoms with E-state index >= 15 is 0 Å². The third-order valence-electron chi connectivity index (χ3n) is 2.53. The lowest BCUT2D eigenvalue weighted by Crippen LogP contribution is -2.44. The second-order valence-electron chi connectivity index (χ2n) is 4.36. The molecule has 1 unspecified atom stereocenters. The summed E-state index contributed by atoms with van der Waals surface area (Å²) in [5.41, 5.74) is 0.709. The molecule has 1 rings (SSSR count). The van der Waals surface area contributed by atoms with Gasteiger partial charge in [0.2, 0.25) is 11.8 Å². The number of benzene rings is 1. The van der Waals surface area contributed by atoms with Gasteiger partial charge in [-0.05, 0) is 35.0 Å². The number of halogens is 1. The number of para-hydroxylation sites is 1. The average Bonchev–Trinajstić information content (AvgIpc) is 2.37. The van der Waals surface area contributed by atoms with E-state index < -0.39 is 0 Å². The summed E-state index contributed by atoms with van der Waals surface area (Å²) in [5, 5.41) is 5.65. The molecular formula is C13H18BrN3O2. The number of nitrogens with zero attached hydrogens (tertiary/aromatic N) is 1. The summed E-state index contributed by atoms with van der Waals surface area (Å²) < 4.78 is 0.820. The van der Waals surface area contributed by atoms with Gasteiger partial charge in [0.15, 0.2) is 0 Å². The van der Waals surface area contributed by atoms with Gasteiger partial charge in [-0.3, -0.25) is 14.9 Å². The minimum absolute atomic E-state index is 0.0614. The van der Waals surface area contributed by atoms with E-state index in [0.29, 0.717) is 5.69 Å². The van der Waals surface area contributed by atoms with Crippen molar-refractivity contribution in [2.45, 2.75) is 13.0 Å². The lowest BCUT2D eigenvalue weighted by atomic mass is 10.3. The number of rotatable bonds is 5. The van der Waals surface area contributed by atoms with E-state index in [9.17, 15) is 9.59 Å². The molecule has 0 saturated carbocycles. The molecule has 0 saturated heterocycles. The molecule has 0 heterocycles. The highest BCUT2D eigenvalue weighted by atomic mass is 79.9. The van der Waals surface area contributed by atoms with E-state index in [1.54, 1.807) is 27.1 Å². The Morgan fingerprint density at radius 1 is 1.32 bits per heavy atom. The summed E-state index contributed by atoms with van der Waals surface area (Å²) >= 11 is 3.35. The van der Waals surface area contributed by atoms with Crippen LogP contribution >= 0.6 is 15.9 Å². The van der Waals surface area contributed by atoms with Gasteiger partial charge < -0.3 is 10.2 Å². The van der Waals surface area contributed by atoms with Crippen molar-refractivity contribution in [3.8, 4) is 0 Å².